The quantitative estimate of drug-likeness (QED) is 0.875. The highest BCUT2D eigenvalue weighted by atomic mass is 79.9. The maximum absolute atomic E-state index is 11.7. The molecule has 3 nitrogen and oxygen atoms in total. The van der Waals surface area contributed by atoms with Crippen molar-refractivity contribution in [3.63, 3.8) is 0 Å². The van der Waals surface area contributed by atoms with E-state index < -0.39 is 0 Å². The first-order chi connectivity index (χ1) is 9.13. The number of pyridine rings is 1. The number of anilines is 1. The number of nitrogens with zero attached hydrogens (tertiary/aromatic N) is 1. The van der Waals surface area contributed by atoms with Crippen LogP contribution in [0.4, 0.5) is 5.82 Å². The third-order valence-electron chi connectivity index (χ3n) is 2.45. The van der Waals surface area contributed by atoms with Crippen molar-refractivity contribution in [1.82, 2.24) is 4.98 Å². The Balaban J connectivity index is 1.99. The minimum atomic E-state index is -0.198. The Morgan fingerprint density at radius 1 is 1.32 bits per heavy atom. The Kier molecular flexibility index (Phi) is 4.47. The van der Waals surface area contributed by atoms with Gasteiger partial charge in [0.25, 0.3) is 0 Å². The fourth-order valence-corrected chi connectivity index (χ4v) is 1.80. The molecule has 19 heavy (non-hydrogen) atoms. The number of amides is 1. The SMILES string of the molecule is Cc1cccc(/C=C/C(=O)Nc2ccc(Br)cn2)c1. The van der Waals surface area contributed by atoms with Gasteiger partial charge in [-0.15, -0.1) is 0 Å². The summed E-state index contributed by atoms with van der Waals surface area (Å²) in [7, 11) is 0. The summed E-state index contributed by atoms with van der Waals surface area (Å²) in [5, 5.41) is 2.70. The maximum atomic E-state index is 11.7. The molecule has 0 aliphatic carbocycles. The van der Waals surface area contributed by atoms with Gasteiger partial charge in [0.2, 0.25) is 5.91 Å². The highest BCUT2D eigenvalue weighted by Gasteiger charge is 1.98. The van der Waals surface area contributed by atoms with Crippen molar-refractivity contribution >= 4 is 33.7 Å². The Morgan fingerprint density at radius 2 is 2.16 bits per heavy atom. The lowest BCUT2D eigenvalue weighted by Crippen LogP contribution is -2.08. The van der Waals surface area contributed by atoms with Gasteiger partial charge in [-0.2, -0.15) is 0 Å². The van der Waals surface area contributed by atoms with Gasteiger partial charge in [-0.25, -0.2) is 4.98 Å². The third-order valence-corrected chi connectivity index (χ3v) is 2.92. The molecule has 2 rings (SSSR count). The van der Waals surface area contributed by atoms with E-state index in [-0.39, 0.29) is 5.91 Å². The second-order valence-corrected chi connectivity index (χ2v) is 5.01. The molecule has 0 atom stereocenters. The highest BCUT2D eigenvalue weighted by molar-refractivity contribution is 9.10. The van der Waals surface area contributed by atoms with E-state index >= 15 is 0 Å². The number of benzene rings is 1. The summed E-state index contributed by atoms with van der Waals surface area (Å²) in [5.74, 6) is 0.332. The van der Waals surface area contributed by atoms with E-state index in [4.69, 9.17) is 0 Å². The number of rotatable bonds is 3. The molecule has 1 N–H and O–H groups in total. The minimum absolute atomic E-state index is 0.198. The lowest BCUT2D eigenvalue weighted by Gasteiger charge is -2.00. The van der Waals surface area contributed by atoms with E-state index in [0.29, 0.717) is 5.82 Å². The van der Waals surface area contributed by atoms with Crippen molar-refractivity contribution in [1.29, 1.82) is 0 Å². The molecule has 1 amide bonds. The maximum Gasteiger partial charge on any atom is 0.249 e. The largest absolute Gasteiger partial charge is 0.307 e. The van der Waals surface area contributed by atoms with Crippen molar-refractivity contribution in [2.75, 3.05) is 5.32 Å². The molecular formula is C15H13BrN2O. The standard InChI is InChI=1S/C15H13BrN2O/c1-11-3-2-4-12(9-11)5-8-15(19)18-14-7-6-13(16)10-17-14/h2-10H,1H3,(H,17,18,19)/b8-5+. The fraction of sp³-hybridized carbons (Fsp3) is 0.0667. The number of carbonyl (C=O) groups excluding carboxylic acids is 1. The van der Waals surface area contributed by atoms with Crippen molar-refractivity contribution in [2.45, 2.75) is 6.92 Å². The van der Waals surface area contributed by atoms with Crippen LogP contribution >= 0.6 is 15.9 Å². The average molecular weight is 317 g/mol. The van der Waals surface area contributed by atoms with E-state index in [1.54, 1.807) is 18.3 Å². The monoisotopic (exact) mass is 316 g/mol. The predicted molar refractivity (Wildman–Crippen MR) is 80.8 cm³/mol. The van der Waals surface area contributed by atoms with Crippen LogP contribution in [0.15, 0.2) is 53.1 Å². The van der Waals surface area contributed by atoms with E-state index in [1.165, 1.54) is 6.08 Å². The summed E-state index contributed by atoms with van der Waals surface area (Å²) in [5.41, 5.74) is 2.16. The van der Waals surface area contributed by atoms with Gasteiger partial charge in [0.15, 0.2) is 0 Å². The molecule has 2 aromatic rings. The van der Waals surface area contributed by atoms with Gasteiger partial charge in [0, 0.05) is 16.7 Å². The summed E-state index contributed by atoms with van der Waals surface area (Å²) in [4.78, 5) is 15.8. The number of halogens is 1. The van der Waals surface area contributed by atoms with Crippen LogP contribution in [-0.2, 0) is 4.79 Å². The van der Waals surface area contributed by atoms with Crippen molar-refractivity contribution < 1.29 is 4.79 Å². The molecule has 0 fully saturated rings. The Hall–Kier alpha value is -1.94. The molecule has 1 heterocycles. The van der Waals surface area contributed by atoms with Gasteiger partial charge < -0.3 is 5.32 Å². The van der Waals surface area contributed by atoms with Crippen LogP contribution < -0.4 is 5.32 Å². The van der Waals surface area contributed by atoms with Gasteiger partial charge in [-0.3, -0.25) is 4.79 Å². The van der Waals surface area contributed by atoms with Crippen LogP contribution in [-0.4, -0.2) is 10.9 Å². The van der Waals surface area contributed by atoms with Gasteiger partial charge >= 0.3 is 0 Å². The van der Waals surface area contributed by atoms with Crippen LogP contribution in [0.1, 0.15) is 11.1 Å². The molecule has 0 saturated carbocycles. The molecule has 1 aromatic carbocycles. The molecule has 96 valence electrons. The Morgan fingerprint density at radius 3 is 2.84 bits per heavy atom. The van der Waals surface area contributed by atoms with Crippen molar-refractivity contribution in [2.24, 2.45) is 0 Å². The zero-order valence-electron chi connectivity index (χ0n) is 10.4. The van der Waals surface area contributed by atoms with Crippen LogP contribution in [0.5, 0.6) is 0 Å². The Labute approximate surface area is 120 Å². The molecular weight excluding hydrogens is 304 g/mol. The topological polar surface area (TPSA) is 42.0 Å². The number of hydrogen-bond acceptors (Lipinski definition) is 2. The zero-order valence-corrected chi connectivity index (χ0v) is 12.0. The molecule has 4 heteroatoms. The lowest BCUT2D eigenvalue weighted by atomic mass is 10.1. The first-order valence-corrected chi connectivity index (χ1v) is 6.60. The number of aryl methyl sites for hydroxylation is 1. The number of aromatic nitrogens is 1. The van der Waals surface area contributed by atoms with Gasteiger partial charge in [-0.1, -0.05) is 29.8 Å². The summed E-state index contributed by atoms with van der Waals surface area (Å²) in [6.45, 7) is 2.02. The summed E-state index contributed by atoms with van der Waals surface area (Å²) < 4.78 is 0.876. The predicted octanol–water partition coefficient (Wildman–Crippen LogP) is 3.80. The van der Waals surface area contributed by atoms with Crippen LogP contribution in [0.3, 0.4) is 0 Å². The van der Waals surface area contributed by atoms with E-state index in [0.717, 1.165) is 15.6 Å². The smallest absolute Gasteiger partial charge is 0.249 e. The second-order valence-electron chi connectivity index (χ2n) is 4.10. The summed E-state index contributed by atoms with van der Waals surface area (Å²) in [6.07, 6.45) is 4.92. The molecule has 0 bridgehead atoms. The van der Waals surface area contributed by atoms with Gasteiger partial charge in [-0.05, 0) is 46.6 Å². The highest BCUT2D eigenvalue weighted by Crippen LogP contribution is 2.11. The molecule has 1 aromatic heterocycles. The first kappa shape index (κ1) is 13.5. The molecule has 0 radical (unpaired) electrons. The first-order valence-electron chi connectivity index (χ1n) is 5.81. The van der Waals surface area contributed by atoms with E-state index in [2.05, 4.69) is 26.2 Å². The summed E-state index contributed by atoms with van der Waals surface area (Å²) >= 11 is 3.29. The summed E-state index contributed by atoms with van der Waals surface area (Å²) in [6, 6.07) is 11.5. The number of nitrogens with one attached hydrogen (secondary N) is 1. The molecule has 0 aliphatic rings. The van der Waals surface area contributed by atoms with Gasteiger partial charge in [0.1, 0.15) is 5.82 Å². The minimum Gasteiger partial charge on any atom is -0.307 e. The van der Waals surface area contributed by atoms with Crippen molar-refractivity contribution in [3.05, 3.63) is 64.3 Å². The van der Waals surface area contributed by atoms with E-state index in [1.807, 2.05) is 37.3 Å². The fourth-order valence-electron chi connectivity index (χ4n) is 1.56. The normalized spacial score (nSPS) is 10.6. The lowest BCUT2D eigenvalue weighted by molar-refractivity contribution is -0.111. The third kappa shape index (κ3) is 4.34. The molecule has 0 saturated heterocycles. The van der Waals surface area contributed by atoms with Crippen molar-refractivity contribution in [3.8, 4) is 0 Å². The number of hydrogen-bond donors (Lipinski definition) is 1. The number of carbonyl (C=O) groups is 1. The van der Waals surface area contributed by atoms with Crippen LogP contribution in [0, 0.1) is 6.92 Å². The molecule has 0 unspecified atom stereocenters. The molecule has 0 spiro atoms. The average Bonchev–Trinajstić information content (AvgIpc) is 2.39. The van der Waals surface area contributed by atoms with Gasteiger partial charge in [0.05, 0.1) is 0 Å². The Bertz CT molecular complexity index is 606. The molecule has 0 aliphatic heterocycles. The van der Waals surface area contributed by atoms with E-state index in [9.17, 15) is 4.79 Å². The van der Waals surface area contributed by atoms with Crippen LogP contribution in [0.25, 0.3) is 6.08 Å². The zero-order chi connectivity index (χ0) is 13.7. The second kappa shape index (κ2) is 6.29. The van der Waals surface area contributed by atoms with Crippen LogP contribution in [0.2, 0.25) is 0 Å².